The Balaban J connectivity index is 1.66. The molecule has 1 saturated carbocycles. The van der Waals surface area contributed by atoms with E-state index in [1.807, 2.05) is 6.92 Å². The van der Waals surface area contributed by atoms with Crippen LogP contribution in [0, 0.1) is 6.92 Å². The summed E-state index contributed by atoms with van der Waals surface area (Å²) in [6.07, 6.45) is 2.29. The summed E-state index contributed by atoms with van der Waals surface area (Å²) in [5.74, 6) is 1.45. The van der Waals surface area contributed by atoms with Gasteiger partial charge in [0.05, 0.1) is 10.6 Å². The van der Waals surface area contributed by atoms with Crippen molar-refractivity contribution in [1.29, 1.82) is 0 Å². The van der Waals surface area contributed by atoms with Crippen LogP contribution in [0.15, 0.2) is 28.3 Å². The van der Waals surface area contributed by atoms with Gasteiger partial charge in [0.1, 0.15) is 5.82 Å². The number of anilines is 1. The minimum Gasteiger partial charge on any atom is -0.325 e. The maximum atomic E-state index is 12.3. The molecule has 0 saturated heterocycles. The Morgan fingerprint density at radius 1 is 1.33 bits per heavy atom. The highest BCUT2D eigenvalue weighted by Crippen LogP contribution is 2.39. The van der Waals surface area contributed by atoms with Gasteiger partial charge in [-0.1, -0.05) is 17.8 Å². The third kappa shape index (κ3) is 4.50. The summed E-state index contributed by atoms with van der Waals surface area (Å²) >= 11 is 1.33. The summed E-state index contributed by atoms with van der Waals surface area (Å²) in [5, 5.41) is 11.9. The van der Waals surface area contributed by atoms with E-state index in [2.05, 4.69) is 24.8 Å². The first kappa shape index (κ1) is 19.8. The molecule has 0 aliphatic heterocycles. The van der Waals surface area contributed by atoms with Gasteiger partial charge in [0.2, 0.25) is 15.9 Å². The smallest absolute Gasteiger partial charge is 0.240 e. The summed E-state index contributed by atoms with van der Waals surface area (Å²) in [6, 6.07) is 4.82. The lowest BCUT2D eigenvalue weighted by atomic mass is 10.2. The van der Waals surface area contributed by atoms with Crippen molar-refractivity contribution in [1.82, 2.24) is 19.5 Å². The van der Waals surface area contributed by atoms with Crippen LogP contribution in [0.5, 0.6) is 0 Å². The first-order chi connectivity index (χ1) is 12.9. The van der Waals surface area contributed by atoms with E-state index in [4.69, 9.17) is 0 Å². The summed E-state index contributed by atoms with van der Waals surface area (Å²) in [7, 11) is -2.22. The number of hydrogen-bond acceptors (Lipinski definition) is 6. The van der Waals surface area contributed by atoms with Crippen molar-refractivity contribution in [3.63, 3.8) is 0 Å². The van der Waals surface area contributed by atoms with E-state index in [1.165, 1.54) is 24.9 Å². The molecule has 1 aromatic carbocycles. The fourth-order valence-corrected chi connectivity index (χ4v) is 4.56. The van der Waals surface area contributed by atoms with E-state index >= 15 is 0 Å². The van der Waals surface area contributed by atoms with Crippen LogP contribution in [0.1, 0.15) is 37.1 Å². The number of benzene rings is 1. The molecular formula is C17H23N5O3S2. The fourth-order valence-electron chi connectivity index (χ4n) is 2.75. The Hall–Kier alpha value is -1.91. The Bertz CT molecular complexity index is 951. The molecule has 1 heterocycles. The molecule has 0 spiro atoms. The van der Waals surface area contributed by atoms with Crippen molar-refractivity contribution in [2.24, 2.45) is 0 Å². The van der Waals surface area contributed by atoms with Gasteiger partial charge >= 0.3 is 0 Å². The zero-order valence-corrected chi connectivity index (χ0v) is 17.2. The molecule has 0 bridgehead atoms. The van der Waals surface area contributed by atoms with Crippen LogP contribution in [0.2, 0.25) is 0 Å². The number of rotatable bonds is 8. The van der Waals surface area contributed by atoms with Crippen molar-refractivity contribution in [2.45, 2.75) is 49.2 Å². The van der Waals surface area contributed by atoms with Crippen LogP contribution < -0.4 is 10.0 Å². The van der Waals surface area contributed by atoms with Gasteiger partial charge in [-0.2, -0.15) is 0 Å². The molecule has 2 N–H and O–H groups in total. The van der Waals surface area contributed by atoms with Crippen LogP contribution in [0.25, 0.3) is 0 Å². The maximum Gasteiger partial charge on any atom is 0.240 e. The van der Waals surface area contributed by atoms with Crippen molar-refractivity contribution < 1.29 is 13.2 Å². The first-order valence-electron chi connectivity index (χ1n) is 8.75. The molecule has 1 amide bonds. The molecule has 10 heteroatoms. The van der Waals surface area contributed by atoms with Crippen LogP contribution >= 0.6 is 11.8 Å². The standard InChI is InChI=1S/C17H23N5O3S2/c1-4-22-16(12-6-7-12)20-21-17(22)26-10-15(23)19-13-8-5-11(2)14(9-13)27(24,25)18-3/h5,8-9,12,18H,4,6-7,10H2,1-3H3,(H,19,23). The van der Waals surface area contributed by atoms with Gasteiger partial charge in [0, 0.05) is 18.2 Å². The first-order valence-corrected chi connectivity index (χ1v) is 11.2. The molecule has 0 unspecified atom stereocenters. The summed E-state index contributed by atoms with van der Waals surface area (Å²) in [6.45, 7) is 4.52. The van der Waals surface area contributed by atoms with Gasteiger partial charge in [0.25, 0.3) is 0 Å². The maximum absolute atomic E-state index is 12.3. The molecule has 0 atom stereocenters. The van der Waals surface area contributed by atoms with Gasteiger partial charge in [-0.15, -0.1) is 10.2 Å². The van der Waals surface area contributed by atoms with Crippen LogP contribution in [-0.4, -0.2) is 41.9 Å². The average Bonchev–Trinajstić information content (AvgIpc) is 3.41. The lowest BCUT2D eigenvalue weighted by Gasteiger charge is -2.10. The number of nitrogens with zero attached hydrogens (tertiary/aromatic N) is 3. The predicted octanol–water partition coefficient (Wildman–Crippen LogP) is 2.12. The molecule has 2 aromatic rings. The number of nitrogens with one attached hydrogen (secondary N) is 2. The quantitative estimate of drug-likeness (QED) is 0.647. The predicted molar refractivity (Wildman–Crippen MR) is 104 cm³/mol. The minimum atomic E-state index is -3.58. The molecule has 27 heavy (non-hydrogen) atoms. The Labute approximate surface area is 163 Å². The number of aryl methyl sites for hydroxylation is 1. The zero-order chi connectivity index (χ0) is 19.6. The second-order valence-corrected chi connectivity index (χ2v) is 9.18. The van der Waals surface area contributed by atoms with Gasteiger partial charge in [0.15, 0.2) is 5.16 Å². The largest absolute Gasteiger partial charge is 0.325 e. The third-order valence-electron chi connectivity index (χ3n) is 4.37. The lowest BCUT2D eigenvalue weighted by Crippen LogP contribution is -2.20. The van der Waals surface area contributed by atoms with E-state index in [9.17, 15) is 13.2 Å². The molecule has 146 valence electrons. The molecule has 0 radical (unpaired) electrons. The molecule has 1 aliphatic rings. The SMILES string of the molecule is CCn1c(SCC(=O)Nc2ccc(C)c(S(=O)(=O)NC)c2)nnc1C1CC1. The summed E-state index contributed by atoms with van der Waals surface area (Å²) in [5.41, 5.74) is 1.05. The minimum absolute atomic E-state index is 0.148. The number of thioether (sulfide) groups is 1. The number of carbonyl (C=O) groups is 1. The fraction of sp³-hybridized carbons (Fsp3) is 0.471. The number of hydrogen-bond donors (Lipinski definition) is 2. The zero-order valence-electron chi connectivity index (χ0n) is 15.5. The van der Waals surface area contributed by atoms with E-state index in [0.717, 1.165) is 30.4 Å². The highest BCUT2D eigenvalue weighted by molar-refractivity contribution is 7.99. The molecule has 1 aromatic heterocycles. The second kappa shape index (κ2) is 7.99. The molecule has 3 rings (SSSR count). The molecule has 8 nitrogen and oxygen atoms in total. The monoisotopic (exact) mass is 409 g/mol. The van der Waals surface area contributed by atoms with E-state index in [-0.39, 0.29) is 16.6 Å². The van der Waals surface area contributed by atoms with E-state index < -0.39 is 10.0 Å². The number of aromatic nitrogens is 3. The van der Waals surface area contributed by atoms with Crippen molar-refractivity contribution >= 4 is 33.4 Å². The Morgan fingerprint density at radius 2 is 2.07 bits per heavy atom. The Kier molecular flexibility index (Phi) is 5.87. The summed E-state index contributed by atoms with van der Waals surface area (Å²) in [4.78, 5) is 12.4. The van der Waals surface area contributed by atoms with Gasteiger partial charge in [-0.05, 0) is 51.4 Å². The highest BCUT2D eigenvalue weighted by atomic mass is 32.2. The van der Waals surface area contributed by atoms with Crippen LogP contribution in [-0.2, 0) is 21.4 Å². The number of sulfonamides is 1. The van der Waals surface area contributed by atoms with Crippen LogP contribution in [0.4, 0.5) is 5.69 Å². The van der Waals surface area contributed by atoms with Crippen LogP contribution in [0.3, 0.4) is 0 Å². The highest BCUT2D eigenvalue weighted by Gasteiger charge is 2.30. The van der Waals surface area contributed by atoms with Crippen molar-refractivity contribution in [3.8, 4) is 0 Å². The van der Waals surface area contributed by atoms with Crippen molar-refractivity contribution in [2.75, 3.05) is 18.1 Å². The van der Waals surface area contributed by atoms with Gasteiger partial charge in [-0.3, -0.25) is 4.79 Å². The molecule has 1 fully saturated rings. The number of carbonyl (C=O) groups excluding carboxylic acids is 1. The molecular weight excluding hydrogens is 386 g/mol. The lowest BCUT2D eigenvalue weighted by molar-refractivity contribution is -0.113. The third-order valence-corrected chi connectivity index (χ3v) is 6.89. The Morgan fingerprint density at radius 3 is 2.70 bits per heavy atom. The van der Waals surface area contributed by atoms with Gasteiger partial charge < -0.3 is 9.88 Å². The number of amides is 1. The summed E-state index contributed by atoms with van der Waals surface area (Å²) < 4.78 is 28.5. The second-order valence-electron chi connectivity index (χ2n) is 6.38. The van der Waals surface area contributed by atoms with E-state index in [1.54, 1.807) is 19.1 Å². The average molecular weight is 410 g/mol. The normalized spacial score (nSPS) is 14.3. The van der Waals surface area contributed by atoms with Crippen molar-refractivity contribution in [3.05, 3.63) is 29.6 Å². The molecule has 1 aliphatic carbocycles. The topological polar surface area (TPSA) is 106 Å². The van der Waals surface area contributed by atoms with Gasteiger partial charge in [-0.25, -0.2) is 13.1 Å². The van der Waals surface area contributed by atoms with E-state index in [0.29, 0.717) is 17.2 Å².